The van der Waals surface area contributed by atoms with Gasteiger partial charge in [0.25, 0.3) is 5.56 Å². The van der Waals surface area contributed by atoms with Crippen LogP contribution in [0.25, 0.3) is 0 Å². The second kappa shape index (κ2) is 5.04. The first-order valence-electron chi connectivity index (χ1n) is 6.58. The molecule has 0 spiro atoms. The molecule has 0 bridgehead atoms. The number of hydrogen-bond acceptors (Lipinski definition) is 4. The Morgan fingerprint density at radius 3 is 2.82 bits per heavy atom. The predicted octanol–water partition coefficient (Wildman–Crippen LogP) is 2.04. The number of halogens is 1. The molecule has 3 rings (SSSR count). The number of aromatic amines is 1. The first kappa shape index (κ1) is 13.9. The van der Waals surface area contributed by atoms with Gasteiger partial charge in [-0.1, -0.05) is 18.2 Å². The van der Waals surface area contributed by atoms with E-state index in [4.69, 9.17) is 10.5 Å². The molecule has 1 aromatic carbocycles. The van der Waals surface area contributed by atoms with E-state index >= 15 is 0 Å². The quantitative estimate of drug-likeness (QED) is 0.842. The second-order valence-electron chi connectivity index (χ2n) is 5.01. The topological polar surface area (TPSA) is 91.9 Å². The lowest BCUT2D eigenvalue weighted by atomic mass is 9.84. The summed E-state index contributed by atoms with van der Waals surface area (Å²) in [6.45, 7) is 1.70. The molecule has 2 aromatic rings. The molecule has 1 aromatic heterocycles. The summed E-state index contributed by atoms with van der Waals surface area (Å²) in [6.07, 6.45) is 0. The molecule has 6 heteroatoms. The van der Waals surface area contributed by atoms with Gasteiger partial charge in [-0.15, -0.1) is 0 Å². The summed E-state index contributed by atoms with van der Waals surface area (Å²) < 4.78 is 19.6. The van der Waals surface area contributed by atoms with Crippen LogP contribution in [-0.4, -0.2) is 4.98 Å². The Labute approximate surface area is 125 Å². The van der Waals surface area contributed by atoms with Crippen molar-refractivity contribution in [2.75, 3.05) is 0 Å². The van der Waals surface area contributed by atoms with Gasteiger partial charge in [-0.05, 0) is 13.0 Å². The fraction of sp³-hybridized carbons (Fsp3) is 0.125. The molecule has 1 atom stereocenters. The number of pyridine rings is 1. The van der Waals surface area contributed by atoms with Gasteiger partial charge in [-0.3, -0.25) is 4.79 Å². The molecule has 1 aliphatic heterocycles. The van der Waals surface area contributed by atoms with Crippen LogP contribution in [0.15, 0.2) is 46.6 Å². The van der Waals surface area contributed by atoms with Crippen LogP contribution in [0, 0.1) is 24.1 Å². The Balaban J connectivity index is 2.35. The number of ether oxygens (including phenoxy) is 1. The van der Waals surface area contributed by atoms with Gasteiger partial charge < -0.3 is 15.5 Å². The van der Waals surface area contributed by atoms with Crippen LogP contribution < -0.4 is 16.0 Å². The number of hydrogen-bond donors (Lipinski definition) is 2. The molecule has 0 fully saturated rings. The third kappa shape index (κ3) is 2.04. The van der Waals surface area contributed by atoms with E-state index in [1.165, 1.54) is 18.2 Å². The van der Waals surface area contributed by atoms with Gasteiger partial charge in [0.15, 0.2) is 0 Å². The number of nitrogens with zero attached hydrogens (tertiary/aromatic N) is 1. The molecule has 3 N–H and O–H groups in total. The van der Waals surface area contributed by atoms with Crippen molar-refractivity contribution >= 4 is 0 Å². The number of H-pyrrole nitrogens is 1. The van der Waals surface area contributed by atoms with E-state index in [2.05, 4.69) is 4.98 Å². The Morgan fingerprint density at radius 2 is 2.14 bits per heavy atom. The van der Waals surface area contributed by atoms with Crippen molar-refractivity contribution in [2.24, 2.45) is 5.73 Å². The smallest absolute Gasteiger partial charge is 0.256 e. The van der Waals surface area contributed by atoms with Gasteiger partial charge in [0.1, 0.15) is 23.2 Å². The minimum Gasteiger partial charge on any atom is -0.440 e. The lowest BCUT2D eigenvalue weighted by Gasteiger charge is -2.25. The Hall–Kier alpha value is -3.07. The molecule has 0 saturated heterocycles. The van der Waals surface area contributed by atoms with Crippen molar-refractivity contribution in [1.82, 2.24) is 4.98 Å². The SMILES string of the molecule is Cc1cc2c(c(=O)[nH]1)[C@@H](c1ccccc1F)C(C#N)=C(N)O2. The third-order valence-electron chi connectivity index (χ3n) is 3.57. The van der Waals surface area contributed by atoms with Crippen LogP contribution in [0.2, 0.25) is 0 Å². The number of allylic oxidation sites excluding steroid dienone is 1. The highest BCUT2D eigenvalue weighted by Crippen LogP contribution is 2.40. The summed E-state index contributed by atoms with van der Waals surface area (Å²) in [5.74, 6) is -1.28. The zero-order valence-electron chi connectivity index (χ0n) is 11.7. The van der Waals surface area contributed by atoms with Crippen molar-refractivity contribution in [3.63, 3.8) is 0 Å². The highest BCUT2D eigenvalue weighted by Gasteiger charge is 2.34. The molecule has 1 aliphatic rings. The van der Waals surface area contributed by atoms with Crippen LogP contribution in [0.3, 0.4) is 0 Å². The molecule has 0 aliphatic carbocycles. The molecular formula is C16H12FN3O2. The lowest BCUT2D eigenvalue weighted by molar-refractivity contribution is 0.390. The number of nitriles is 1. The number of aromatic nitrogens is 1. The van der Waals surface area contributed by atoms with Crippen molar-refractivity contribution < 1.29 is 9.13 Å². The molecule has 0 amide bonds. The normalized spacial score (nSPS) is 16.7. The summed E-state index contributed by atoms with van der Waals surface area (Å²) in [5.41, 5.74) is 6.35. The minimum absolute atomic E-state index is 0.0203. The predicted molar refractivity (Wildman–Crippen MR) is 77.5 cm³/mol. The molecular weight excluding hydrogens is 285 g/mol. The van der Waals surface area contributed by atoms with E-state index in [1.54, 1.807) is 19.1 Å². The van der Waals surface area contributed by atoms with Crippen LogP contribution in [0.4, 0.5) is 4.39 Å². The highest BCUT2D eigenvalue weighted by molar-refractivity contribution is 5.55. The average Bonchev–Trinajstić information content (AvgIpc) is 2.46. The van der Waals surface area contributed by atoms with E-state index in [0.29, 0.717) is 5.69 Å². The number of aryl methyl sites for hydroxylation is 1. The first-order valence-corrected chi connectivity index (χ1v) is 6.58. The Kier molecular flexibility index (Phi) is 3.18. The first-order chi connectivity index (χ1) is 10.5. The molecule has 22 heavy (non-hydrogen) atoms. The van der Waals surface area contributed by atoms with E-state index in [9.17, 15) is 14.4 Å². The maximum atomic E-state index is 14.2. The molecule has 2 heterocycles. The number of nitrogens with one attached hydrogen (secondary N) is 1. The zero-order chi connectivity index (χ0) is 15.9. The molecule has 0 saturated carbocycles. The third-order valence-corrected chi connectivity index (χ3v) is 3.57. The maximum Gasteiger partial charge on any atom is 0.256 e. The fourth-order valence-corrected chi connectivity index (χ4v) is 2.63. The number of rotatable bonds is 1. The van der Waals surface area contributed by atoms with Crippen LogP contribution in [0.1, 0.15) is 22.7 Å². The molecule has 0 radical (unpaired) electrons. The standard InChI is InChI=1S/C16H12FN3O2/c1-8-6-12-14(16(21)20-8)13(10(7-18)15(19)22-12)9-4-2-3-5-11(9)17/h2-6,13H,19H2,1H3,(H,20,21)/t13-/m0/s1. The summed E-state index contributed by atoms with van der Waals surface area (Å²) in [5, 5.41) is 9.35. The molecule has 110 valence electrons. The van der Waals surface area contributed by atoms with Crippen LogP contribution in [-0.2, 0) is 0 Å². The van der Waals surface area contributed by atoms with Crippen molar-refractivity contribution in [3.8, 4) is 11.8 Å². The second-order valence-corrected chi connectivity index (χ2v) is 5.01. The zero-order valence-corrected chi connectivity index (χ0v) is 11.7. The van der Waals surface area contributed by atoms with Gasteiger partial charge in [-0.25, -0.2) is 4.39 Å². The van der Waals surface area contributed by atoms with Gasteiger partial charge in [0.05, 0.1) is 11.5 Å². The van der Waals surface area contributed by atoms with E-state index in [0.717, 1.165) is 0 Å². The Bertz CT molecular complexity index is 893. The number of benzene rings is 1. The van der Waals surface area contributed by atoms with Gasteiger partial charge in [-0.2, -0.15) is 5.26 Å². The van der Waals surface area contributed by atoms with Crippen molar-refractivity contribution in [1.29, 1.82) is 5.26 Å². The summed E-state index contributed by atoms with van der Waals surface area (Å²) in [4.78, 5) is 15.0. The minimum atomic E-state index is -0.890. The van der Waals surface area contributed by atoms with Crippen LogP contribution in [0.5, 0.6) is 5.75 Å². The maximum absolute atomic E-state index is 14.2. The van der Waals surface area contributed by atoms with Crippen molar-refractivity contribution in [3.05, 3.63) is 74.8 Å². The average molecular weight is 297 g/mol. The summed E-state index contributed by atoms with van der Waals surface area (Å²) >= 11 is 0. The van der Waals surface area contributed by atoms with Crippen LogP contribution >= 0.6 is 0 Å². The Morgan fingerprint density at radius 1 is 1.41 bits per heavy atom. The summed E-state index contributed by atoms with van der Waals surface area (Å²) in [6, 6.07) is 9.51. The highest BCUT2D eigenvalue weighted by atomic mass is 19.1. The van der Waals surface area contributed by atoms with E-state index in [-0.39, 0.29) is 28.3 Å². The number of nitrogens with two attached hydrogens (primary N) is 1. The fourth-order valence-electron chi connectivity index (χ4n) is 2.63. The number of fused-ring (bicyclic) bond motifs is 1. The molecule has 0 unspecified atom stereocenters. The summed E-state index contributed by atoms with van der Waals surface area (Å²) in [7, 11) is 0. The van der Waals surface area contributed by atoms with E-state index < -0.39 is 17.3 Å². The van der Waals surface area contributed by atoms with Gasteiger partial charge in [0.2, 0.25) is 5.88 Å². The van der Waals surface area contributed by atoms with Crippen molar-refractivity contribution in [2.45, 2.75) is 12.8 Å². The largest absolute Gasteiger partial charge is 0.440 e. The molecule has 5 nitrogen and oxygen atoms in total. The monoisotopic (exact) mass is 297 g/mol. The van der Waals surface area contributed by atoms with Gasteiger partial charge >= 0.3 is 0 Å². The van der Waals surface area contributed by atoms with Gasteiger partial charge in [0, 0.05) is 17.3 Å². The van der Waals surface area contributed by atoms with E-state index in [1.807, 2.05) is 6.07 Å². The lowest BCUT2D eigenvalue weighted by Crippen LogP contribution is -2.28.